The number of hydrogen-bond donors (Lipinski definition) is 2. The average Bonchev–Trinajstić information content (AvgIpc) is 2.74. The van der Waals surface area contributed by atoms with Gasteiger partial charge >= 0.3 is 5.97 Å². The maximum atomic E-state index is 11.1. The number of carboxylic acid groups (broad SMARTS) is 1. The van der Waals surface area contributed by atoms with E-state index in [0.29, 0.717) is 13.0 Å². The summed E-state index contributed by atoms with van der Waals surface area (Å²) in [4.78, 5) is 15.3. The van der Waals surface area contributed by atoms with Crippen molar-refractivity contribution in [3.63, 3.8) is 0 Å². The van der Waals surface area contributed by atoms with Crippen molar-refractivity contribution in [1.82, 2.24) is 14.9 Å². The Morgan fingerprint density at radius 1 is 1.53 bits per heavy atom. The molecule has 17 heavy (non-hydrogen) atoms. The molecule has 1 heterocycles. The number of hydrogen-bond acceptors (Lipinski definition) is 3. The number of imidazole rings is 1. The molecule has 1 atom stereocenters. The third-order valence-corrected chi connectivity index (χ3v) is 2.59. The van der Waals surface area contributed by atoms with Gasteiger partial charge in [0.1, 0.15) is 6.04 Å². The second-order valence-electron chi connectivity index (χ2n) is 4.13. The van der Waals surface area contributed by atoms with E-state index < -0.39 is 12.0 Å². The molecular formula is C12H21N3O2. The molecule has 0 aliphatic carbocycles. The van der Waals surface area contributed by atoms with Crippen LogP contribution in [0.3, 0.4) is 0 Å². The first-order valence-corrected chi connectivity index (χ1v) is 6.14. The Bertz CT molecular complexity index is 349. The predicted octanol–water partition coefficient (Wildman–Crippen LogP) is 1.81. The van der Waals surface area contributed by atoms with Crippen LogP contribution in [0, 0.1) is 0 Å². The predicted molar refractivity (Wildman–Crippen MR) is 65.8 cm³/mol. The zero-order valence-corrected chi connectivity index (χ0v) is 10.5. The Kier molecular flexibility index (Phi) is 5.69. The van der Waals surface area contributed by atoms with Crippen molar-refractivity contribution in [3.05, 3.63) is 18.2 Å². The van der Waals surface area contributed by atoms with E-state index in [1.54, 1.807) is 10.9 Å². The summed E-state index contributed by atoms with van der Waals surface area (Å²) in [6.07, 6.45) is 5.98. The fraction of sp³-hybridized carbons (Fsp3) is 0.667. The van der Waals surface area contributed by atoms with Crippen LogP contribution < -0.4 is 5.32 Å². The maximum absolute atomic E-state index is 11.1. The number of carboxylic acids is 1. The molecule has 0 bridgehead atoms. The fourth-order valence-corrected chi connectivity index (χ4v) is 1.71. The molecular weight excluding hydrogens is 218 g/mol. The minimum absolute atomic E-state index is 0.493. The van der Waals surface area contributed by atoms with Gasteiger partial charge in [-0.05, 0) is 19.4 Å². The summed E-state index contributed by atoms with van der Waals surface area (Å²) in [6.45, 7) is 5.73. The molecule has 1 aromatic rings. The zero-order valence-electron chi connectivity index (χ0n) is 10.5. The highest BCUT2D eigenvalue weighted by molar-refractivity contribution is 5.71. The van der Waals surface area contributed by atoms with Gasteiger partial charge in [0.15, 0.2) is 0 Å². The smallest absolute Gasteiger partial charge is 0.326 e. The van der Waals surface area contributed by atoms with E-state index in [1.807, 2.05) is 13.1 Å². The normalized spacial score (nSPS) is 12.6. The molecule has 5 heteroatoms. The van der Waals surface area contributed by atoms with Crippen molar-refractivity contribution in [2.75, 3.05) is 6.54 Å². The van der Waals surface area contributed by atoms with Crippen molar-refractivity contribution in [2.45, 2.75) is 45.7 Å². The highest BCUT2D eigenvalue weighted by atomic mass is 16.4. The summed E-state index contributed by atoms with van der Waals surface area (Å²) in [7, 11) is 0. The van der Waals surface area contributed by atoms with Crippen LogP contribution in [0.4, 0.5) is 0 Å². The lowest BCUT2D eigenvalue weighted by atomic mass is 10.2. The van der Waals surface area contributed by atoms with E-state index >= 15 is 0 Å². The van der Waals surface area contributed by atoms with Crippen molar-refractivity contribution in [2.24, 2.45) is 0 Å². The molecule has 0 radical (unpaired) electrons. The van der Waals surface area contributed by atoms with Crippen molar-refractivity contribution in [1.29, 1.82) is 0 Å². The van der Waals surface area contributed by atoms with Crippen molar-refractivity contribution < 1.29 is 9.90 Å². The number of carbonyl (C=O) groups is 1. The molecule has 96 valence electrons. The van der Waals surface area contributed by atoms with Crippen LogP contribution in [0.5, 0.6) is 0 Å². The van der Waals surface area contributed by atoms with E-state index in [9.17, 15) is 4.79 Å². The second kappa shape index (κ2) is 7.06. The van der Waals surface area contributed by atoms with Gasteiger partial charge in [0.05, 0.1) is 12.0 Å². The highest BCUT2D eigenvalue weighted by Crippen LogP contribution is 2.14. The molecule has 0 amide bonds. The first-order chi connectivity index (χ1) is 8.19. The summed E-state index contributed by atoms with van der Waals surface area (Å²) in [5, 5.41) is 12.4. The average molecular weight is 239 g/mol. The van der Waals surface area contributed by atoms with Gasteiger partial charge in [-0.15, -0.1) is 0 Å². The summed E-state index contributed by atoms with van der Waals surface area (Å²) in [5.74, 6) is -0.794. The molecule has 0 aromatic carbocycles. The summed E-state index contributed by atoms with van der Waals surface area (Å²) < 4.78 is 1.69. The highest BCUT2D eigenvalue weighted by Gasteiger charge is 2.18. The van der Waals surface area contributed by atoms with E-state index in [-0.39, 0.29) is 0 Å². The quantitative estimate of drug-likeness (QED) is 0.679. The van der Waals surface area contributed by atoms with Crippen LogP contribution in [0.2, 0.25) is 0 Å². The van der Waals surface area contributed by atoms with E-state index in [4.69, 9.17) is 5.11 Å². The van der Waals surface area contributed by atoms with Crippen LogP contribution in [-0.2, 0) is 11.3 Å². The Hall–Kier alpha value is -1.36. The monoisotopic (exact) mass is 239 g/mol. The lowest BCUT2D eigenvalue weighted by molar-refractivity contribution is -0.141. The number of rotatable bonds is 8. The van der Waals surface area contributed by atoms with Gasteiger partial charge in [-0.2, -0.15) is 0 Å². The third kappa shape index (κ3) is 4.19. The van der Waals surface area contributed by atoms with E-state index in [0.717, 1.165) is 25.1 Å². The van der Waals surface area contributed by atoms with E-state index in [1.165, 1.54) is 0 Å². The van der Waals surface area contributed by atoms with Crippen LogP contribution >= 0.6 is 0 Å². The molecule has 5 nitrogen and oxygen atoms in total. The Balaban J connectivity index is 2.61. The molecule has 2 N–H and O–H groups in total. The number of nitrogens with one attached hydrogen (secondary N) is 1. The third-order valence-electron chi connectivity index (χ3n) is 2.59. The first kappa shape index (κ1) is 13.7. The molecule has 1 unspecified atom stereocenters. The lowest BCUT2D eigenvalue weighted by Crippen LogP contribution is -2.18. The minimum Gasteiger partial charge on any atom is -0.480 e. The van der Waals surface area contributed by atoms with Crippen molar-refractivity contribution >= 4 is 5.97 Å². The van der Waals surface area contributed by atoms with Crippen LogP contribution in [0.1, 0.15) is 44.8 Å². The number of aromatic nitrogens is 2. The van der Waals surface area contributed by atoms with Crippen LogP contribution in [-0.4, -0.2) is 27.2 Å². The van der Waals surface area contributed by atoms with Gasteiger partial charge in [0, 0.05) is 12.7 Å². The van der Waals surface area contributed by atoms with E-state index in [2.05, 4.69) is 17.2 Å². The Morgan fingerprint density at radius 3 is 2.88 bits per heavy atom. The standard InChI is InChI=1S/C12H21N3O2/c1-3-5-11(12(16)17)15-8-10(14-9-15)7-13-6-4-2/h8-9,11,13H,3-7H2,1-2H3,(H,16,17). The second-order valence-corrected chi connectivity index (χ2v) is 4.13. The van der Waals surface area contributed by atoms with Gasteiger partial charge in [-0.3, -0.25) is 0 Å². The first-order valence-electron chi connectivity index (χ1n) is 6.14. The Morgan fingerprint density at radius 2 is 2.29 bits per heavy atom. The van der Waals surface area contributed by atoms with Gasteiger partial charge < -0.3 is 15.0 Å². The van der Waals surface area contributed by atoms with Gasteiger partial charge in [0.2, 0.25) is 0 Å². The number of aliphatic carboxylic acids is 1. The number of nitrogens with zero attached hydrogens (tertiary/aromatic N) is 2. The van der Waals surface area contributed by atoms with Crippen LogP contribution in [0.25, 0.3) is 0 Å². The molecule has 0 saturated heterocycles. The SMILES string of the molecule is CCCNCc1cn(C(CCC)C(=O)O)cn1. The van der Waals surface area contributed by atoms with Crippen LogP contribution in [0.15, 0.2) is 12.5 Å². The lowest BCUT2D eigenvalue weighted by Gasteiger charge is -2.11. The Labute approximate surface area is 102 Å². The summed E-state index contributed by atoms with van der Waals surface area (Å²) in [6, 6.07) is -0.493. The zero-order chi connectivity index (χ0) is 12.7. The van der Waals surface area contributed by atoms with Gasteiger partial charge in [-0.25, -0.2) is 9.78 Å². The van der Waals surface area contributed by atoms with Gasteiger partial charge in [-0.1, -0.05) is 20.3 Å². The summed E-state index contributed by atoms with van der Waals surface area (Å²) in [5.41, 5.74) is 0.890. The van der Waals surface area contributed by atoms with Gasteiger partial charge in [0.25, 0.3) is 0 Å². The molecule has 0 aliphatic heterocycles. The molecule has 0 aliphatic rings. The molecule has 0 spiro atoms. The molecule has 0 fully saturated rings. The summed E-state index contributed by atoms with van der Waals surface area (Å²) >= 11 is 0. The maximum Gasteiger partial charge on any atom is 0.326 e. The molecule has 0 saturated carbocycles. The molecule has 1 aromatic heterocycles. The minimum atomic E-state index is -0.794. The topological polar surface area (TPSA) is 67.2 Å². The fourth-order valence-electron chi connectivity index (χ4n) is 1.71. The van der Waals surface area contributed by atoms with Crippen molar-refractivity contribution in [3.8, 4) is 0 Å². The largest absolute Gasteiger partial charge is 0.480 e. The molecule has 1 rings (SSSR count).